The number of benzene rings is 3. The molecule has 0 aromatic heterocycles. The second-order valence-corrected chi connectivity index (χ2v) is 8.14. The number of Topliss-reactive ketones (excluding diaryl/α,β-unsaturated/α-hetero) is 1. The van der Waals surface area contributed by atoms with E-state index in [0.717, 1.165) is 11.3 Å². The first-order chi connectivity index (χ1) is 16.0. The summed E-state index contributed by atoms with van der Waals surface area (Å²) in [5.74, 6) is -1.12. The van der Waals surface area contributed by atoms with Gasteiger partial charge >= 0.3 is 0 Å². The Morgan fingerprint density at radius 1 is 0.879 bits per heavy atom. The van der Waals surface area contributed by atoms with Crippen molar-refractivity contribution in [2.24, 2.45) is 0 Å². The van der Waals surface area contributed by atoms with Gasteiger partial charge in [0.15, 0.2) is 5.78 Å². The Balaban J connectivity index is 1.71. The van der Waals surface area contributed by atoms with Crippen LogP contribution in [0.25, 0.3) is 6.08 Å². The summed E-state index contributed by atoms with van der Waals surface area (Å²) >= 11 is 0. The fourth-order valence-electron chi connectivity index (χ4n) is 5.05. The van der Waals surface area contributed by atoms with Crippen LogP contribution in [0.4, 0.5) is 11.4 Å². The average Bonchev–Trinajstić information content (AvgIpc) is 3.20. The average molecular weight is 441 g/mol. The van der Waals surface area contributed by atoms with Crippen LogP contribution in [0.15, 0.2) is 84.9 Å². The first-order valence-corrected chi connectivity index (χ1v) is 10.5. The minimum absolute atomic E-state index is 0.157. The molecule has 4 unspecified atom stereocenters. The normalized spacial score (nSPS) is 23.0. The van der Waals surface area contributed by atoms with E-state index in [1.165, 1.54) is 24.3 Å². The number of hydrogen-bond acceptors (Lipinski definition) is 6. The van der Waals surface area contributed by atoms with Gasteiger partial charge in [0.25, 0.3) is 5.69 Å². The van der Waals surface area contributed by atoms with E-state index < -0.39 is 29.0 Å². The minimum atomic E-state index is -1.07. The quantitative estimate of drug-likeness (QED) is 0.328. The van der Waals surface area contributed by atoms with Crippen molar-refractivity contribution >= 4 is 23.2 Å². The number of carbonyl (C=O) groups excluding carboxylic acids is 1. The van der Waals surface area contributed by atoms with Crippen LogP contribution in [-0.4, -0.2) is 33.8 Å². The highest BCUT2D eigenvalue weighted by molar-refractivity contribution is 6.04. The summed E-state index contributed by atoms with van der Waals surface area (Å²) in [5, 5.41) is 23.6. The van der Waals surface area contributed by atoms with Gasteiger partial charge in [0.2, 0.25) is 6.04 Å². The maximum absolute atomic E-state index is 13.9. The van der Waals surface area contributed by atoms with Crippen LogP contribution < -0.4 is 4.90 Å². The van der Waals surface area contributed by atoms with Gasteiger partial charge < -0.3 is 4.90 Å². The Labute approximate surface area is 189 Å². The lowest BCUT2D eigenvalue weighted by molar-refractivity contribution is -0.524. The van der Waals surface area contributed by atoms with Gasteiger partial charge in [0.1, 0.15) is 12.1 Å². The molecule has 3 aromatic carbocycles. The van der Waals surface area contributed by atoms with Crippen molar-refractivity contribution in [3.8, 4) is 0 Å². The summed E-state index contributed by atoms with van der Waals surface area (Å²) in [6.07, 6.45) is 3.64. The number of nitrogens with zero attached hydrogens (tertiary/aromatic N) is 3. The molecule has 33 heavy (non-hydrogen) atoms. The number of carbonyl (C=O) groups is 1. The number of ketones is 1. The summed E-state index contributed by atoms with van der Waals surface area (Å²) < 4.78 is 0. The molecule has 0 N–H and O–H groups in total. The molecule has 0 bridgehead atoms. The molecule has 164 valence electrons. The zero-order valence-electron chi connectivity index (χ0n) is 17.4. The summed E-state index contributed by atoms with van der Waals surface area (Å²) in [6.45, 7) is 0. The zero-order chi connectivity index (χ0) is 23.1. The van der Waals surface area contributed by atoms with Crippen molar-refractivity contribution in [3.05, 3.63) is 122 Å². The molecule has 5 rings (SSSR count). The predicted octanol–water partition coefficient (Wildman–Crippen LogP) is 4.49. The molecule has 0 saturated carbocycles. The monoisotopic (exact) mass is 441 g/mol. The van der Waals surface area contributed by atoms with Gasteiger partial charge in [-0.05, 0) is 17.2 Å². The smallest absolute Gasteiger partial charge is 0.270 e. The minimum Gasteiger partial charge on any atom is -0.346 e. The lowest BCUT2D eigenvalue weighted by atomic mass is 9.83. The lowest BCUT2D eigenvalue weighted by Crippen LogP contribution is -2.44. The van der Waals surface area contributed by atoms with Gasteiger partial charge in [-0.15, -0.1) is 0 Å². The Kier molecular flexibility index (Phi) is 4.97. The van der Waals surface area contributed by atoms with Crippen molar-refractivity contribution in [2.45, 2.75) is 24.0 Å². The number of nitro benzene ring substituents is 1. The van der Waals surface area contributed by atoms with E-state index in [4.69, 9.17) is 0 Å². The molecular formula is C25H19N3O5. The van der Waals surface area contributed by atoms with Crippen LogP contribution in [0.3, 0.4) is 0 Å². The third-order valence-corrected chi connectivity index (χ3v) is 6.40. The Morgan fingerprint density at radius 3 is 2.33 bits per heavy atom. The zero-order valence-corrected chi connectivity index (χ0v) is 17.4. The molecule has 8 nitrogen and oxygen atoms in total. The number of anilines is 1. The molecule has 0 spiro atoms. The highest BCUT2D eigenvalue weighted by atomic mass is 16.6. The highest BCUT2D eigenvalue weighted by Crippen LogP contribution is 2.47. The van der Waals surface area contributed by atoms with Crippen molar-refractivity contribution in [1.82, 2.24) is 0 Å². The van der Waals surface area contributed by atoms with E-state index in [1.807, 2.05) is 41.3 Å². The van der Waals surface area contributed by atoms with Crippen LogP contribution in [0.5, 0.6) is 0 Å². The summed E-state index contributed by atoms with van der Waals surface area (Å²) in [7, 11) is 0. The molecule has 0 radical (unpaired) electrons. The SMILES string of the molecule is O=C(c1cccc([N+](=O)[O-])c1)C1C(c2ccccc2)C([N+](=O)[O-])C2C=Cc3ccccc3N21. The Hall–Kier alpha value is -4.33. The van der Waals surface area contributed by atoms with Crippen LogP contribution in [-0.2, 0) is 0 Å². The third kappa shape index (κ3) is 3.36. The second-order valence-electron chi connectivity index (χ2n) is 8.14. The first kappa shape index (κ1) is 20.6. The molecule has 0 amide bonds. The van der Waals surface area contributed by atoms with E-state index in [1.54, 1.807) is 30.3 Å². The highest BCUT2D eigenvalue weighted by Gasteiger charge is 2.58. The molecule has 1 saturated heterocycles. The molecule has 2 heterocycles. The second kappa shape index (κ2) is 7.98. The maximum atomic E-state index is 13.9. The number of nitro groups is 2. The number of fused-ring (bicyclic) bond motifs is 3. The summed E-state index contributed by atoms with van der Waals surface area (Å²) in [4.78, 5) is 38.5. The van der Waals surface area contributed by atoms with E-state index in [0.29, 0.717) is 5.56 Å². The fourth-order valence-corrected chi connectivity index (χ4v) is 5.05. The predicted molar refractivity (Wildman–Crippen MR) is 123 cm³/mol. The van der Waals surface area contributed by atoms with Crippen molar-refractivity contribution in [3.63, 3.8) is 0 Å². The summed E-state index contributed by atoms with van der Waals surface area (Å²) in [5.41, 5.74) is 2.24. The molecule has 1 fully saturated rings. The van der Waals surface area contributed by atoms with Crippen LogP contribution >= 0.6 is 0 Å². The molecule has 2 aliphatic heterocycles. The van der Waals surface area contributed by atoms with Crippen molar-refractivity contribution in [1.29, 1.82) is 0 Å². The van der Waals surface area contributed by atoms with Crippen LogP contribution in [0.2, 0.25) is 0 Å². The fraction of sp³-hybridized carbons (Fsp3) is 0.160. The van der Waals surface area contributed by atoms with E-state index in [-0.39, 0.29) is 22.0 Å². The number of non-ortho nitro benzene ring substituents is 1. The Morgan fingerprint density at radius 2 is 1.61 bits per heavy atom. The van der Waals surface area contributed by atoms with Gasteiger partial charge in [0.05, 0.1) is 10.8 Å². The van der Waals surface area contributed by atoms with Gasteiger partial charge in [0, 0.05) is 28.3 Å². The molecule has 0 aliphatic carbocycles. The largest absolute Gasteiger partial charge is 0.346 e. The van der Waals surface area contributed by atoms with Crippen LogP contribution in [0.1, 0.15) is 27.4 Å². The van der Waals surface area contributed by atoms with Crippen molar-refractivity contribution in [2.75, 3.05) is 4.90 Å². The van der Waals surface area contributed by atoms with E-state index >= 15 is 0 Å². The number of rotatable bonds is 5. The molecule has 4 atom stereocenters. The van der Waals surface area contributed by atoms with Crippen molar-refractivity contribution < 1.29 is 14.6 Å². The van der Waals surface area contributed by atoms with E-state index in [2.05, 4.69) is 0 Å². The third-order valence-electron chi connectivity index (χ3n) is 6.40. The summed E-state index contributed by atoms with van der Waals surface area (Å²) in [6, 6.07) is 19.4. The molecule has 2 aliphatic rings. The van der Waals surface area contributed by atoms with Gasteiger partial charge in [-0.2, -0.15) is 0 Å². The van der Waals surface area contributed by atoms with Crippen LogP contribution in [0, 0.1) is 20.2 Å². The van der Waals surface area contributed by atoms with Gasteiger partial charge in [-0.25, -0.2) is 0 Å². The standard InChI is InChI=1S/C25H19N3O5/c29-25(18-10-6-11-19(15-18)27(30)31)24-22(17-8-2-1-3-9-17)23(28(32)33)21-14-13-16-7-4-5-12-20(16)26(21)24/h1-15,21-24H. The van der Waals surface area contributed by atoms with Gasteiger partial charge in [-0.3, -0.25) is 25.0 Å². The first-order valence-electron chi connectivity index (χ1n) is 10.5. The number of para-hydroxylation sites is 1. The lowest BCUT2D eigenvalue weighted by Gasteiger charge is -2.34. The maximum Gasteiger partial charge on any atom is 0.270 e. The number of hydrogen-bond donors (Lipinski definition) is 0. The van der Waals surface area contributed by atoms with Gasteiger partial charge in [-0.1, -0.05) is 72.8 Å². The topological polar surface area (TPSA) is 107 Å². The Bertz CT molecular complexity index is 1290. The van der Waals surface area contributed by atoms with E-state index in [9.17, 15) is 25.0 Å². The molecule has 3 aromatic rings. The molecular weight excluding hydrogens is 422 g/mol. The molecule has 8 heteroatoms.